The zero-order valence-corrected chi connectivity index (χ0v) is 12.2. The van der Waals surface area contributed by atoms with Crippen LogP contribution in [0.2, 0.25) is 5.02 Å². The van der Waals surface area contributed by atoms with Crippen LogP contribution in [0.1, 0.15) is 17.3 Å². The number of pyridine rings is 1. The van der Waals surface area contributed by atoms with E-state index in [-0.39, 0.29) is 5.97 Å². The van der Waals surface area contributed by atoms with Gasteiger partial charge in [0.25, 0.3) is 0 Å². The number of esters is 1. The van der Waals surface area contributed by atoms with Crippen molar-refractivity contribution >= 4 is 23.2 Å². The van der Waals surface area contributed by atoms with E-state index in [1.165, 1.54) is 0 Å². The quantitative estimate of drug-likeness (QED) is 0.690. The SMILES string of the molecule is CCOC(=O)c1ccc2nc(-c3ccc(Cl)cc3)cn2c1. The fourth-order valence-electron chi connectivity index (χ4n) is 2.09. The number of imidazole rings is 1. The maximum atomic E-state index is 11.7. The van der Waals surface area contributed by atoms with Crippen molar-refractivity contribution in [1.29, 1.82) is 0 Å². The van der Waals surface area contributed by atoms with Gasteiger partial charge in [0.05, 0.1) is 17.9 Å². The Kier molecular flexibility index (Phi) is 3.62. The van der Waals surface area contributed by atoms with Crippen LogP contribution in [0.3, 0.4) is 0 Å². The molecule has 21 heavy (non-hydrogen) atoms. The van der Waals surface area contributed by atoms with E-state index in [0.29, 0.717) is 17.2 Å². The Balaban J connectivity index is 2.00. The third-order valence-corrected chi connectivity index (χ3v) is 3.35. The van der Waals surface area contributed by atoms with Crippen molar-refractivity contribution in [3.63, 3.8) is 0 Å². The van der Waals surface area contributed by atoms with E-state index in [9.17, 15) is 4.79 Å². The number of carbonyl (C=O) groups is 1. The monoisotopic (exact) mass is 300 g/mol. The Morgan fingerprint density at radius 3 is 2.67 bits per heavy atom. The molecule has 106 valence electrons. The number of benzene rings is 1. The first-order chi connectivity index (χ1) is 10.2. The van der Waals surface area contributed by atoms with Gasteiger partial charge in [-0.15, -0.1) is 0 Å². The molecule has 0 unspecified atom stereocenters. The fraction of sp³-hybridized carbons (Fsp3) is 0.125. The van der Waals surface area contributed by atoms with Crippen LogP contribution in [-0.2, 0) is 4.74 Å². The number of hydrogen-bond acceptors (Lipinski definition) is 3. The Morgan fingerprint density at radius 2 is 1.95 bits per heavy atom. The van der Waals surface area contributed by atoms with Crippen molar-refractivity contribution in [3.8, 4) is 11.3 Å². The molecule has 2 heterocycles. The Labute approximate surface area is 126 Å². The Hall–Kier alpha value is -2.33. The summed E-state index contributed by atoms with van der Waals surface area (Å²) in [6.07, 6.45) is 3.60. The molecule has 3 rings (SSSR count). The lowest BCUT2D eigenvalue weighted by Crippen LogP contribution is -2.05. The molecule has 0 atom stereocenters. The van der Waals surface area contributed by atoms with Crippen LogP contribution >= 0.6 is 11.6 Å². The average Bonchev–Trinajstić information content (AvgIpc) is 2.91. The molecule has 0 aliphatic heterocycles. The van der Waals surface area contributed by atoms with Gasteiger partial charge in [-0.25, -0.2) is 9.78 Å². The van der Waals surface area contributed by atoms with E-state index in [1.807, 2.05) is 34.9 Å². The number of rotatable bonds is 3. The first-order valence-electron chi connectivity index (χ1n) is 6.59. The van der Waals surface area contributed by atoms with Gasteiger partial charge in [-0.1, -0.05) is 23.7 Å². The molecular weight excluding hydrogens is 288 g/mol. The lowest BCUT2D eigenvalue weighted by molar-refractivity contribution is 0.0526. The third-order valence-electron chi connectivity index (χ3n) is 3.10. The molecule has 0 N–H and O–H groups in total. The molecule has 0 bridgehead atoms. The number of halogens is 1. The van der Waals surface area contributed by atoms with Gasteiger partial charge in [0.1, 0.15) is 5.65 Å². The first kappa shape index (κ1) is 13.6. The first-order valence-corrected chi connectivity index (χ1v) is 6.97. The molecule has 0 saturated heterocycles. The van der Waals surface area contributed by atoms with Crippen LogP contribution in [0.4, 0.5) is 0 Å². The molecule has 0 fully saturated rings. The highest BCUT2D eigenvalue weighted by Gasteiger charge is 2.09. The molecule has 4 nitrogen and oxygen atoms in total. The molecule has 2 aromatic heterocycles. The zero-order chi connectivity index (χ0) is 14.8. The minimum Gasteiger partial charge on any atom is -0.462 e. The number of aromatic nitrogens is 2. The standard InChI is InChI=1S/C16H13ClN2O2/c1-2-21-16(20)12-5-8-15-18-14(10-19(15)9-12)11-3-6-13(17)7-4-11/h3-10H,2H2,1H3. The van der Waals surface area contributed by atoms with Gasteiger partial charge in [-0.3, -0.25) is 0 Å². The second-order valence-electron chi connectivity index (χ2n) is 4.54. The maximum absolute atomic E-state index is 11.7. The molecular formula is C16H13ClN2O2. The summed E-state index contributed by atoms with van der Waals surface area (Å²) in [5.74, 6) is -0.332. The van der Waals surface area contributed by atoms with Gasteiger partial charge in [0, 0.05) is 23.0 Å². The van der Waals surface area contributed by atoms with Crippen LogP contribution in [0.25, 0.3) is 16.9 Å². The van der Waals surface area contributed by atoms with Crippen molar-refractivity contribution < 1.29 is 9.53 Å². The minimum absolute atomic E-state index is 0.332. The lowest BCUT2D eigenvalue weighted by atomic mass is 10.2. The summed E-state index contributed by atoms with van der Waals surface area (Å²) in [4.78, 5) is 16.3. The van der Waals surface area contributed by atoms with Crippen LogP contribution in [0, 0.1) is 0 Å². The van der Waals surface area contributed by atoms with E-state index < -0.39 is 0 Å². The van der Waals surface area contributed by atoms with E-state index >= 15 is 0 Å². The summed E-state index contributed by atoms with van der Waals surface area (Å²) in [5, 5.41) is 0.687. The topological polar surface area (TPSA) is 43.6 Å². The molecule has 3 aromatic rings. The van der Waals surface area contributed by atoms with Crippen LogP contribution in [-0.4, -0.2) is 22.0 Å². The molecule has 0 aliphatic carbocycles. The van der Waals surface area contributed by atoms with E-state index in [2.05, 4.69) is 4.98 Å². The average molecular weight is 301 g/mol. The highest BCUT2D eigenvalue weighted by molar-refractivity contribution is 6.30. The molecule has 0 spiro atoms. The number of carbonyl (C=O) groups excluding carboxylic acids is 1. The van der Waals surface area contributed by atoms with E-state index in [4.69, 9.17) is 16.3 Å². The number of ether oxygens (including phenoxy) is 1. The predicted molar refractivity (Wildman–Crippen MR) is 81.6 cm³/mol. The van der Waals surface area contributed by atoms with E-state index in [0.717, 1.165) is 16.9 Å². The normalized spacial score (nSPS) is 10.8. The molecule has 0 aliphatic rings. The maximum Gasteiger partial charge on any atom is 0.339 e. The van der Waals surface area contributed by atoms with Crippen LogP contribution < -0.4 is 0 Å². The van der Waals surface area contributed by atoms with Crippen molar-refractivity contribution in [2.45, 2.75) is 6.92 Å². The van der Waals surface area contributed by atoms with Gasteiger partial charge in [0.2, 0.25) is 0 Å². The Morgan fingerprint density at radius 1 is 1.19 bits per heavy atom. The second-order valence-corrected chi connectivity index (χ2v) is 4.97. The summed E-state index contributed by atoms with van der Waals surface area (Å²) < 4.78 is 6.81. The fourth-order valence-corrected chi connectivity index (χ4v) is 2.21. The zero-order valence-electron chi connectivity index (χ0n) is 11.4. The molecule has 5 heteroatoms. The van der Waals surface area contributed by atoms with Crippen molar-refractivity contribution in [1.82, 2.24) is 9.38 Å². The predicted octanol–water partition coefficient (Wildman–Crippen LogP) is 3.83. The lowest BCUT2D eigenvalue weighted by Gasteiger charge is -2.01. The molecule has 0 amide bonds. The van der Waals surface area contributed by atoms with Gasteiger partial charge in [0.15, 0.2) is 0 Å². The summed E-state index contributed by atoms with van der Waals surface area (Å²) in [6.45, 7) is 2.14. The second kappa shape index (κ2) is 5.58. The van der Waals surface area contributed by atoms with Gasteiger partial charge in [-0.2, -0.15) is 0 Å². The largest absolute Gasteiger partial charge is 0.462 e. The molecule has 0 saturated carbocycles. The van der Waals surface area contributed by atoms with Gasteiger partial charge in [-0.05, 0) is 31.2 Å². The van der Waals surface area contributed by atoms with Gasteiger partial charge < -0.3 is 9.14 Å². The van der Waals surface area contributed by atoms with Gasteiger partial charge >= 0.3 is 5.97 Å². The summed E-state index contributed by atoms with van der Waals surface area (Å²) in [6, 6.07) is 11.0. The summed E-state index contributed by atoms with van der Waals surface area (Å²) in [7, 11) is 0. The smallest absolute Gasteiger partial charge is 0.339 e. The summed E-state index contributed by atoms with van der Waals surface area (Å²) in [5.41, 5.74) is 3.07. The number of hydrogen-bond donors (Lipinski definition) is 0. The molecule has 0 radical (unpaired) electrons. The highest BCUT2D eigenvalue weighted by Crippen LogP contribution is 2.21. The van der Waals surface area contributed by atoms with Crippen LogP contribution in [0.5, 0.6) is 0 Å². The number of nitrogens with zero attached hydrogens (tertiary/aromatic N) is 2. The van der Waals surface area contributed by atoms with Crippen LogP contribution in [0.15, 0.2) is 48.8 Å². The third kappa shape index (κ3) is 2.76. The minimum atomic E-state index is -0.332. The van der Waals surface area contributed by atoms with E-state index in [1.54, 1.807) is 25.3 Å². The van der Waals surface area contributed by atoms with Crippen molar-refractivity contribution in [2.75, 3.05) is 6.61 Å². The summed E-state index contributed by atoms with van der Waals surface area (Å²) >= 11 is 5.89. The molecule has 1 aromatic carbocycles. The Bertz CT molecular complexity index is 794. The highest BCUT2D eigenvalue weighted by atomic mass is 35.5. The number of fused-ring (bicyclic) bond motifs is 1. The van der Waals surface area contributed by atoms with Crippen molar-refractivity contribution in [2.24, 2.45) is 0 Å². The van der Waals surface area contributed by atoms with Crippen molar-refractivity contribution in [3.05, 3.63) is 59.4 Å².